The van der Waals surface area contributed by atoms with E-state index < -0.39 is 0 Å². The van der Waals surface area contributed by atoms with Crippen LogP contribution in [0.1, 0.15) is 0 Å². The second-order valence-electron chi connectivity index (χ2n) is 2.33. The maximum atomic E-state index is 5.33. The monoisotopic (exact) mass is 244 g/mol. The molecule has 0 aliphatic rings. The number of nitrogens with one attached hydrogen (secondary N) is 1. The van der Waals surface area contributed by atoms with Gasteiger partial charge in [0.05, 0.1) is 11.5 Å². The minimum absolute atomic E-state index is 0.470. The van der Waals surface area contributed by atoms with Crippen LogP contribution in [0.15, 0.2) is 28.7 Å². The lowest BCUT2D eigenvalue weighted by Gasteiger charge is -2.03. The van der Waals surface area contributed by atoms with Crippen molar-refractivity contribution in [2.75, 3.05) is 11.9 Å². The summed E-state index contributed by atoms with van der Waals surface area (Å²) < 4.78 is 1.06. The molecule has 0 saturated heterocycles. The van der Waals surface area contributed by atoms with Crippen LogP contribution in [-0.4, -0.2) is 11.5 Å². The number of rotatable bonds is 3. The summed E-state index contributed by atoms with van der Waals surface area (Å²) in [6.45, 7) is 0.539. The van der Waals surface area contributed by atoms with Crippen LogP contribution in [0, 0.1) is 0 Å². The number of thiocarbonyl (C=S) groups is 1. The quantitative estimate of drug-likeness (QED) is 0.801. The van der Waals surface area contributed by atoms with Crippen LogP contribution in [-0.2, 0) is 0 Å². The lowest BCUT2D eigenvalue weighted by Crippen LogP contribution is -2.19. The molecule has 0 amide bonds. The Morgan fingerprint density at radius 1 is 1.42 bits per heavy atom. The first-order valence-corrected chi connectivity index (χ1v) is 4.66. The molecule has 12 heavy (non-hydrogen) atoms. The summed E-state index contributed by atoms with van der Waals surface area (Å²) in [7, 11) is 0. The third kappa shape index (κ3) is 3.19. The molecule has 0 unspecified atom stereocenters. The number of hydrogen-bond acceptors (Lipinski definition) is 2. The van der Waals surface area contributed by atoms with Crippen molar-refractivity contribution >= 4 is 38.8 Å². The van der Waals surface area contributed by atoms with E-state index in [1.54, 1.807) is 0 Å². The van der Waals surface area contributed by atoms with Crippen molar-refractivity contribution in [1.29, 1.82) is 0 Å². The molecule has 0 spiro atoms. The van der Waals surface area contributed by atoms with Gasteiger partial charge in [0, 0.05) is 10.2 Å². The molecule has 0 aliphatic carbocycles. The Balaban J connectivity index is 2.53. The van der Waals surface area contributed by atoms with E-state index in [4.69, 9.17) is 18.0 Å². The normalized spacial score (nSPS) is 9.42. The van der Waals surface area contributed by atoms with E-state index in [9.17, 15) is 0 Å². The maximum absolute atomic E-state index is 5.33. The average molecular weight is 245 g/mol. The van der Waals surface area contributed by atoms with Gasteiger partial charge in [0.25, 0.3) is 0 Å². The summed E-state index contributed by atoms with van der Waals surface area (Å²) in [5, 5.41) is 3.08. The Kier molecular flexibility index (Phi) is 3.49. The van der Waals surface area contributed by atoms with Crippen molar-refractivity contribution in [1.82, 2.24) is 0 Å². The highest BCUT2D eigenvalue weighted by atomic mass is 79.9. The topological polar surface area (TPSA) is 38.0 Å². The minimum Gasteiger partial charge on any atom is -0.392 e. The summed E-state index contributed by atoms with van der Waals surface area (Å²) in [6.07, 6.45) is 0. The van der Waals surface area contributed by atoms with Gasteiger partial charge in [0.15, 0.2) is 0 Å². The van der Waals surface area contributed by atoms with Crippen LogP contribution >= 0.6 is 28.1 Å². The summed E-state index contributed by atoms with van der Waals surface area (Å²) in [5.74, 6) is 0. The number of anilines is 1. The summed E-state index contributed by atoms with van der Waals surface area (Å²) >= 11 is 8.07. The van der Waals surface area contributed by atoms with E-state index >= 15 is 0 Å². The maximum Gasteiger partial charge on any atom is 0.0921 e. The van der Waals surface area contributed by atoms with E-state index in [-0.39, 0.29) is 0 Å². The van der Waals surface area contributed by atoms with Crippen molar-refractivity contribution in [3.8, 4) is 0 Å². The van der Waals surface area contributed by atoms with Crippen LogP contribution in [0.4, 0.5) is 5.69 Å². The van der Waals surface area contributed by atoms with Crippen LogP contribution in [0.2, 0.25) is 0 Å². The summed E-state index contributed by atoms with van der Waals surface area (Å²) in [4.78, 5) is 0.470. The number of halogens is 1. The SMILES string of the molecule is NC(=S)CNc1ccc(Br)cc1. The van der Waals surface area contributed by atoms with Crippen LogP contribution in [0.3, 0.4) is 0 Å². The predicted octanol–water partition coefficient (Wildman–Crippen LogP) is 2.15. The van der Waals surface area contributed by atoms with Crippen molar-refractivity contribution in [2.24, 2.45) is 5.73 Å². The molecule has 1 aromatic carbocycles. The fourth-order valence-electron chi connectivity index (χ4n) is 0.757. The molecule has 0 fully saturated rings. The average Bonchev–Trinajstić information content (AvgIpc) is 2.03. The van der Waals surface area contributed by atoms with Gasteiger partial charge >= 0.3 is 0 Å². The molecule has 0 aromatic heterocycles. The zero-order valence-electron chi connectivity index (χ0n) is 6.38. The van der Waals surface area contributed by atoms with Crippen molar-refractivity contribution in [3.05, 3.63) is 28.7 Å². The van der Waals surface area contributed by atoms with Crippen molar-refractivity contribution in [2.45, 2.75) is 0 Å². The van der Waals surface area contributed by atoms with Crippen molar-refractivity contribution < 1.29 is 0 Å². The second kappa shape index (κ2) is 4.42. The van der Waals surface area contributed by atoms with E-state index in [0.717, 1.165) is 10.2 Å². The molecule has 0 aliphatic heterocycles. The molecule has 3 N–H and O–H groups in total. The number of nitrogens with two attached hydrogens (primary N) is 1. The first-order valence-electron chi connectivity index (χ1n) is 3.46. The molecule has 0 heterocycles. The Labute approximate surface area is 85.3 Å². The molecule has 0 saturated carbocycles. The van der Waals surface area contributed by atoms with Crippen molar-refractivity contribution in [3.63, 3.8) is 0 Å². The third-order valence-electron chi connectivity index (χ3n) is 1.31. The van der Waals surface area contributed by atoms with Crippen LogP contribution in [0.25, 0.3) is 0 Å². The fraction of sp³-hybridized carbons (Fsp3) is 0.125. The second-order valence-corrected chi connectivity index (χ2v) is 3.77. The first kappa shape index (κ1) is 9.48. The predicted molar refractivity (Wildman–Crippen MR) is 59.4 cm³/mol. The molecule has 0 atom stereocenters. The zero-order chi connectivity index (χ0) is 8.97. The van der Waals surface area contributed by atoms with E-state index in [2.05, 4.69) is 21.2 Å². The van der Waals surface area contributed by atoms with Crippen LogP contribution < -0.4 is 11.1 Å². The van der Waals surface area contributed by atoms with Gasteiger partial charge in [-0.05, 0) is 24.3 Å². The molecule has 0 bridgehead atoms. The van der Waals surface area contributed by atoms with E-state index in [1.807, 2.05) is 24.3 Å². The molecular weight excluding hydrogens is 236 g/mol. The van der Waals surface area contributed by atoms with Gasteiger partial charge in [-0.3, -0.25) is 0 Å². The first-order chi connectivity index (χ1) is 5.68. The standard InChI is InChI=1S/C8H9BrN2S/c9-6-1-3-7(4-2-6)11-5-8(10)12/h1-4,11H,5H2,(H2,10,12). The van der Waals surface area contributed by atoms with Gasteiger partial charge in [0.2, 0.25) is 0 Å². The van der Waals surface area contributed by atoms with Gasteiger partial charge in [-0.2, -0.15) is 0 Å². The fourth-order valence-corrected chi connectivity index (χ4v) is 1.09. The number of hydrogen-bond donors (Lipinski definition) is 2. The lowest BCUT2D eigenvalue weighted by molar-refractivity contribution is 1.38. The van der Waals surface area contributed by atoms with Gasteiger partial charge in [-0.1, -0.05) is 28.1 Å². The molecule has 4 heteroatoms. The smallest absolute Gasteiger partial charge is 0.0921 e. The Hall–Kier alpha value is -0.610. The molecule has 2 nitrogen and oxygen atoms in total. The zero-order valence-corrected chi connectivity index (χ0v) is 8.78. The van der Waals surface area contributed by atoms with E-state index in [0.29, 0.717) is 11.5 Å². The lowest BCUT2D eigenvalue weighted by atomic mass is 10.3. The Morgan fingerprint density at radius 3 is 2.50 bits per heavy atom. The highest BCUT2D eigenvalue weighted by Crippen LogP contribution is 2.13. The molecule has 64 valence electrons. The minimum atomic E-state index is 0.470. The summed E-state index contributed by atoms with van der Waals surface area (Å²) in [5.41, 5.74) is 6.35. The Bertz CT molecular complexity index is 271. The number of benzene rings is 1. The summed E-state index contributed by atoms with van der Waals surface area (Å²) in [6, 6.07) is 7.84. The molecular formula is C8H9BrN2S. The van der Waals surface area contributed by atoms with Crippen LogP contribution in [0.5, 0.6) is 0 Å². The highest BCUT2D eigenvalue weighted by molar-refractivity contribution is 9.10. The third-order valence-corrected chi connectivity index (χ3v) is 1.98. The van der Waals surface area contributed by atoms with E-state index in [1.165, 1.54) is 0 Å². The van der Waals surface area contributed by atoms with Gasteiger partial charge in [-0.15, -0.1) is 0 Å². The Morgan fingerprint density at radius 2 is 2.00 bits per heavy atom. The molecule has 0 radical (unpaired) electrons. The largest absolute Gasteiger partial charge is 0.392 e. The molecule has 1 rings (SSSR count). The van der Waals surface area contributed by atoms with Gasteiger partial charge < -0.3 is 11.1 Å². The van der Waals surface area contributed by atoms with Gasteiger partial charge in [0.1, 0.15) is 0 Å². The molecule has 1 aromatic rings. The van der Waals surface area contributed by atoms with Gasteiger partial charge in [-0.25, -0.2) is 0 Å². The highest BCUT2D eigenvalue weighted by Gasteiger charge is 1.91.